The van der Waals surface area contributed by atoms with Gasteiger partial charge in [-0.3, -0.25) is 4.79 Å². The smallest absolute Gasteiger partial charge is 0.226 e. The normalized spacial score (nSPS) is 10.6. The molecule has 0 radical (unpaired) electrons. The minimum atomic E-state index is -0.0920. The Balaban J connectivity index is 1.47. The Morgan fingerprint density at radius 2 is 1.96 bits per heavy atom. The van der Waals surface area contributed by atoms with E-state index in [2.05, 4.69) is 10.3 Å². The largest absolute Gasteiger partial charge is 0.494 e. The second-order valence-corrected chi connectivity index (χ2v) is 7.68. The first kappa shape index (κ1) is 19.7. The number of hydrogen-bond acceptors (Lipinski definition) is 4. The van der Waals surface area contributed by atoms with Gasteiger partial charge in [-0.25, -0.2) is 4.98 Å². The van der Waals surface area contributed by atoms with Crippen LogP contribution in [0.15, 0.2) is 47.8 Å². The number of nitrogens with zero attached hydrogens (tertiary/aromatic N) is 1. The summed E-state index contributed by atoms with van der Waals surface area (Å²) in [6, 6.07) is 13.1. The number of anilines is 1. The standard InChI is InChI=1S/C20H18Cl2N2O2S/c1-13-4-7-15(8-5-13)26-10-2-3-19(25)24-20-23-18(12-27-20)16-9-6-14(21)11-17(16)22/h4-9,11-12H,2-3,10H2,1H3,(H,23,24,25). The Labute approximate surface area is 172 Å². The van der Waals surface area contributed by atoms with Crippen LogP contribution < -0.4 is 10.1 Å². The molecule has 0 aliphatic heterocycles. The Kier molecular flexibility index (Phi) is 6.72. The van der Waals surface area contributed by atoms with Crippen LogP contribution in [0.2, 0.25) is 10.0 Å². The molecule has 0 unspecified atom stereocenters. The predicted molar refractivity (Wildman–Crippen MR) is 112 cm³/mol. The third-order valence-electron chi connectivity index (χ3n) is 3.80. The maximum absolute atomic E-state index is 12.1. The molecule has 1 amide bonds. The molecule has 0 atom stereocenters. The van der Waals surface area contributed by atoms with Gasteiger partial charge in [0.2, 0.25) is 5.91 Å². The molecular weight excluding hydrogens is 403 g/mol. The lowest BCUT2D eigenvalue weighted by Gasteiger charge is -2.06. The highest BCUT2D eigenvalue weighted by molar-refractivity contribution is 7.14. The molecular formula is C20H18Cl2N2O2S. The summed E-state index contributed by atoms with van der Waals surface area (Å²) >= 11 is 13.5. The van der Waals surface area contributed by atoms with Crippen molar-refractivity contribution < 1.29 is 9.53 Å². The van der Waals surface area contributed by atoms with Crippen LogP contribution in [0.3, 0.4) is 0 Å². The maximum Gasteiger partial charge on any atom is 0.226 e. The summed E-state index contributed by atoms with van der Waals surface area (Å²) < 4.78 is 5.63. The van der Waals surface area contributed by atoms with Crippen molar-refractivity contribution in [1.82, 2.24) is 4.98 Å². The van der Waals surface area contributed by atoms with Crippen LogP contribution in [-0.2, 0) is 4.79 Å². The molecule has 4 nitrogen and oxygen atoms in total. The summed E-state index contributed by atoms with van der Waals surface area (Å²) in [5.41, 5.74) is 2.67. The quantitative estimate of drug-likeness (QED) is 0.461. The van der Waals surface area contributed by atoms with Crippen LogP contribution >= 0.6 is 34.5 Å². The minimum Gasteiger partial charge on any atom is -0.494 e. The average molecular weight is 421 g/mol. The highest BCUT2D eigenvalue weighted by atomic mass is 35.5. The number of nitrogens with one attached hydrogen (secondary N) is 1. The first-order valence-corrected chi connectivity index (χ1v) is 10.0. The lowest BCUT2D eigenvalue weighted by molar-refractivity contribution is -0.116. The molecule has 0 aliphatic carbocycles. The lowest BCUT2D eigenvalue weighted by atomic mass is 10.2. The molecule has 1 N–H and O–H groups in total. The Hall–Kier alpha value is -2.08. The highest BCUT2D eigenvalue weighted by Crippen LogP contribution is 2.32. The van der Waals surface area contributed by atoms with Crippen molar-refractivity contribution in [1.29, 1.82) is 0 Å². The van der Waals surface area contributed by atoms with Gasteiger partial charge in [0.1, 0.15) is 5.75 Å². The summed E-state index contributed by atoms with van der Waals surface area (Å²) in [5.74, 6) is 0.719. The van der Waals surface area contributed by atoms with Gasteiger partial charge in [0.15, 0.2) is 5.13 Å². The first-order chi connectivity index (χ1) is 13.0. The molecule has 0 saturated heterocycles. The highest BCUT2D eigenvalue weighted by Gasteiger charge is 2.11. The summed E-state index contributed by atoms with van der Waals surface area (Å²) in [4.78, 5) is 16.5. The second-order valence-electron chi connectivity index (χ2n) is 5.98. The van der Waals surface area contributed by atoms with Crippen molar-refractivity contribution in [3.63, 3.8) is 0 Å². The summed E-state index contributed by atoms with van der Waals surface area (Å²) in [6.07, 6.45) is 0.990. The molecule has 0 fully saturated rings. The zero-order valence-electron chi connectivity index (χ0n) is 14.7. The van der Waals surface area contributed by atoms with E-state index in [4.69, 9.17) is 27.9 Å². The van der Waals surface area contributed by atoms with Gasteiger partial charge in [-0.15, -0.1) is 11.3 Å². The number of aryl methyl sites for hydroxylation is 1. The number of rotatable bonds is 7. The van der Waals surface area contributed by atoms with E-state index in [9.17, 15) is 4.79 Å². The van der Waals surface area contributed by atoms with E-state index in [0.29, 0.717) is 40.3 Å². The maximum atomic E-state index is 12.1. The van der Waals surface area contributed by atoms with E-state index < -0.39 is 0 Å². The molecule has 0 aliphatic rings. The fraction of sp³-hybridized carbons (Fsp3) is 0.200. The van der Waals surface area contributed by atoms with Crippen molar-refractivity contribution in [2.75, 3.05) is 11.9 Å². The predicted octanol–water partition coefficient (Wildman–Crippen LogP) is 6.22. The Morgan fingerprint density at radius 3 is 2.70 bits per heavy atom. The average Bonchev–Trinajstić information content (AvgIpc) is 3.08. The van der Waals surface area contributed by atoms with E-state index in [0.717, 1.165) is 11.3 Å². The van der Waals surface area contributed by atoms with E-state index in [1.165, 1.54) is 16.9 Å². The minimum absolute atomic E-state index is 0.0920. The van der Waals surface area contributed by atoms with Crippen LogP contribution in [0.5, 0.6) is 5.75 Å². The molecule has 0 bridgehead atoms. The zero-order valence-corrected chi connectivity index (χ0v) is 17.0. The number of benzene rings is 2. The third-order valence-corrected chi connectivity index (χ3v) is 5.10. The van der Waals surface area contributed by atoms with Gasteiger partial charge in [0.25, 0.3) is 0 Å². The second kappa shape index (κ2) is 9.22. The van der Waals surface area contributed by atoms with Crippen LogP contribution in [0.1, 0.15) is 18.4 Å². The van der Waals surface area contributed by atoms with Gasteiger partial charge in [-0.05, 0) is 43.7 Å². The van der Waals surface area contributed by atoms with Gasteiger partial charge in [0, 0.05) is 22.4 Å². The van der Waals surface area contributed by atoms with Gasteiger partial charge in [-0.1, -0.05) is 40.9 Å². The monoisotopic (exact) mass is 420 g/mol. The zero-order chi connectivity index (χ0) is 19.2. The summed E-state index contributed by atoms with van der Waals surface area (Å²) in [7, 11) is 0. The molecule has 0 saturated carbocycles. The number of carbonyl (C=O) groups is 1. The fourth-order valence-electron chi connectivity index (χ4n) is 2.39. The number of amides is 1. The molecule has 0 spiro atoms. The van der Waals surface area contributed by atoms with Crippen LogP contribution in [0.25, 0.3) is 11.3 Å². The summed E-state index contributed by atoms with van der Waals surface area (Å²) in [6.45, 7) is 2.51. The third kappa shape index (κ3) is 5.70. The molecule has 1 aromatic heterocycles. The van der Waals surface area contributed by atoms with Gasteiger partial charge in [-0.2, -0.15) is 0 Å². The molecule has 1 heterocycles. The molecule has 7 heteroatoms. The topological polar surface area (TPSA) is 51.2 Å². The molecule has 27 heavy (non-hydrogen) atoms. The molecule has 3 aromatic rings. The van der Waals surface area contributed by atoms with E-state index >= 15 is 0 Å². The van der Waals surface area contributed by atoms with Gasteiger partial charge < -0.3 is 10.1 Å². The Morgan fingerprint density at radius 1 is 1.19 bits per heavy atom. The number of ether oxygens (including phenoxy) is 1. The number of carbonyl (C=O) groups excluding carboxylic acids is 1. The van der Waals surface area contributed by atoms with E-state index in [1.807, 2.05) is 42.6 Å². The van der Waals surface area contributed by atoms with Gasteiger partial charge >= 0.3 is 0 Å². The van der Waals surface area contributed by atoms with E-state index in [-0.39, 0.29) is 5.91 Å². The van der Waals surface area contributed by atoms with E-state index in [1.54, 1.807) is 12.1 Å². The number of thiazole rings is 1. The van der Waals surface area contributed by atoms with Crippen molar-refractivity contribution in [3.05, 3.63) is 63.5 Å². The molecule has 2 aromatic carbocycles. The fourth-order valence-corrected chi connectivity index (χ4v) is 3.62. The molecule has 140 valence electrons. The number of halogens is 2. The summed E-state index contributed by atoms with van der Waals surface area (Å²) in [5, 5.41) is 6.30. The first-order valence-electron chi connectivity index (χ1n) is 8.41. The van der Waals surface area contributed by atoms with Gasteiger partial charge in [0.05, 0.1) is 17.3 Å². The van der Waals surface area contributed by atoms with Crippen LogP contribution in [-0.4, -0.2) is 17.5 Å². The lowest BCUT2D eigenvalue weighted by Crippen LogP contribution is -2.12. The van der Waals surface area contributed by atoms with Crippen LogP contribution in [0.4, 0.5) is 5.13 Å². The number of aromatic nitrogens is 1. The van der Waals surface area contributed by atoms with Crippen LogP contribution in [0, 0.1) is 6.92 Å². The van der Waals surface area contributed by atoms with Crippen molar-refractivity contribution in [2.24, 2.45) is 0 Å². The van der Waals surface area contributed by atoms with Crippen molar-refractivity contribution in [3.8, 4) is 17.0 Å². The Bertz CT molecular complexity index is 926. The number of hydrogen-bond donors (Lipinski definition) is 1. The molecule has 3 rings (SSSR count). The van der Waals surface area contributed by atoms with Crippen molar-refractivity contribution >= 4 is 45.6 Å². The van der Waals surface area contributed by atoms with Crippen molar-refractivity contribution in [2.45, 2.75) is 19.8 Å². The SMILES string of the molecule is Cc1ccc(OCCCC(=O)Nc2nc(-c3ccc(Cl)cc3Cl)cs2)cc1.